The topological polar surface area (TPSA) is 149 Å². The molecule has 0 bridgehead atoms. The molecule has 156 valence electrons. The van der Waals surface area contributed by atoms with Gasteiger partial charge in [0.2, 0.25) is 0 Å². The van der Waals surface area contributed by atoms with Crippen LogP contribution in [-0.4, -0.2) is 25.1 Å². The fraction of sp³-hybridized carbons (Fsp3) is 0.350. The Morgan fingerprint density at radius 2 is 2.10 bits per heavy atom. The highest BCUT2D eigenvalue weighted by atomic mass is 35.5. The lowest BCUT2D eigenvalue weighted by Crippen LogP contribution is -2.36. The lowest BCUT2D eigenvalue weighted by atomic mass is 10.0. The van der Waals surface area contributed by atoms with Crippen LogP contribution in [0.3, 0.4) is 0 Å². The molecule has 0 saturated heterocycles. The Kier molecular flexibility index (Phi) is 5.92. The average molecular weight is 427 g/mol. The second kappa shape index (κ2) is 8.26. The van der Waals surface area contributed by atoms with Crippen molar-refractivity contribution in [1.29, 1.82) is 5.26 Å². The number of nitrogens with two attached hydrogens (primary N) is 2. The van der Waals surface area contributed by atoms with E-state index >= 15 is 0 Å². The molecular formula is C20H23ClN8O. The smallest absolute Gasteiger partial charge is 0.262 e. The summed E-state index contributed by atoms with van der Waals surface area (Å²) in [5, 5.41) is 13.2. The highest BCUT2D eigenvalue weighted by Gasteiger charge is 2.21. The molecule has 0 fully saturated rings. The largest absolute Gasteiger partial charge is 0.382 e. The van der Waals surface area contributed by atoms with E-state index in [1.165, 1.54) is 6.33 Å². The van der Waals surface area contributed by atoms with Crippen molar-refractivity contribution in [3.8, 4) is 6.07 Å². The second-order valence-electron chi connectivity index (χ2n) is 7.76. The molecule has 3 aromatic rings. The maximum absolute atomic E-state index is 13.3. The van der Waals surface area contributed by atoms with E-state index in [9.17, 15) is 10.1 Å². The van der Waals surface area contributed by atoms with Crippen molar-refractivity contribution in [1.82, 2.24) is 19.5 Å². The van der Waals surface area contributed by atoms with Gasteiger partial charge in [-0.3, -0.25) is 9.36 Å². The van der Waals surface area contributed by atoms with Crippen molar-refractivity contribution < 1.29 is 0 Å². The van der Waals surface area contributed by atoms with E-state index in [1.807, 2.05) is 26.8 Å². The third-order valence-corrected chi connectivity index (χ3v) is 4.99. The van der Waals surface area contributed by atoms with Crippen LogP contribution in [0.4, 0.5) is 11.6 Å². The Labute approximate surface area is 178 Å². The summed E-state index contributed by atoms with van der Waals surface area (Å²) < 4.78 is 1.57. The Bertz CT molecular complexity index is 1190. The Morgan fingerprint density at radius 3 is 2.77 bits per heavy atom. The van der Waals surface area contributed by atoms with Crippen molar-refractivity contribution in [3.05, 3.63) is 51.3 Å². The molecule has 2 aromatic heterocycles. The van der Waals surface area contributed by atoms with Crippen molar-refractivity contribution in [2.45, 2.75) is 45.3 Å². The minimum atomic E-state index is -0.474. The number of benzene rings is 1. The summed E-state index contributed by atoms with van der Waals surface area (Å²) in [6.07, 6.45) is 1.82. The number of nitrogens with zero attached hydrogens (tertiary/aromatic N) is 5. The quantitative estimate of drug-likeness (QED) is 0.544. The van der Waals surface area contributed by atoms with E-state index in [0.29, 0.717) is 34.7 Å². The van der Waals surface area contributed by atoms with Gasteiger partial charge in [0.1, 0.15) is 35.4 Å². The number of nitrogen functional groups attached to an aromatic ring is 1. The molecule has 0 amide bonds. The van der Waals surface area contributed by atoms with E-state index in [2.05, 4.69) is 20.3 Å². The van der Waals surface area contributed by atoms with Gasteiger partial charge in [-0.2, -0.15) is 5.26 Å². The third-order valence-electron chi connectivity index (χ3n) is 4.67. The van der Waals surface area contributed by atoms with Gasteiger partial charge in [-0.1, -0.05) is 17.7 Å². The number of anilines is 2. The Balaban J connectivity index is 2.13. The first-order valence-corrected chi connectivity index (χ1v) is 9.75. The van der Waals surface area contributed by atoms with Crippen molar-refractivity contribution in [3.63, 3.8) is 0 Å². The molecule has 1 atom stereocenters. The van der Waals surface area contributed by atoms with Crippen molar-refractivity contribution >= 4 is 34.1 Å². The SMILES string of the molecule is C[C@H](Nc1ncnc(N)c1C#N)c1nc2cccc(Cl)c2c(=O)n1CCC(C)(C)N. The Hall–Kier alpha value is -3.22. The maximum atomic E-state index is 13.3. The number of halogens is 1. The average Bonchev–Trinajstić information content (AvgIpc) is 2.66. The molecule has 0 aliphatic carbocycles. The molecule has 0 radical (unpaired) electrons. The van der Waals surface area contributed by atoms with Gasteiger partial charge in [0.25, 0.3) is 5.56 Å². The third kappa shape index (κ3) is 4.35. The molecule has 10 heteroatoms. The number of aromatic nitrogens is 4. The number of rotatable bonds is 6. The lowest BCUT2D eigenvalue weighted by molar-refractivity contribution is 0.422. The van der Waals surface area contributed by atoms with Crippen LogP contribution >= 0.6 is 11.6 Å². The van der Waals surface area contributed by atoms with Crippen LogP contribution in [0.5, 0.6) is 0 Å². The van der Waals surface area contributed by atoms with Crippen LogP contribution in [0.1, 0.15) is 44.6 Å². The molecule has 1 aromatic carbocycles. The van der Waals surface area contributed by atoms with Gasteiger partial charge >= 0.3 is 0 Å². The molecule has 0 spiro atoms. The zero-order valence-electron chi connectivity index (χ0n) is 17.0. The predicted octanol–water partition coefficient (Wildman–Crippen LogP) is 2.59. The number of hydrogen-bond donors (Lipinski definition) is 3. The molecule has 9 nitrogen and oxygen atoms in total. The maximum Gasteiger partial charge on any atom is 0.262 e. The summed E-state index contributed by atoms with van der Waals surface area (Å²) in [6, 6.07) is 6.66. The summed E-state index contributed by atoms with van der Waals surface area (Å²) in [7, 11) is 0. The molecule has 0 unspecified atom stereocenters. The minimum absolute atomic E-state index is 0.0720. The molecule has 3 rings (SSSR count). The first-order chi connectivity index (χ1) is 14.1. The molecule has 0 saturated carbocycles. The van der Waals surface area contributed by atoms with Crippen molar-refractivity contribution in [2.75, 3.05) is 11.1 Å². The number of hydrogen-bond acceptors (Lipinski definition) is 8. The van der Waals surface area contributed by atoms with Gasteiger partial charge in [-0.05, 0) is 39.3 Å². The first kappa shape index (κ1) is 21.5. The molecular weight excluding hydrogens is 404 g/mol. The monoisotopic (exact) mass is 426 g/mol. The van der Waals surface area contributed by atoms with Gasteiger partial charge in [0.05, 0.1) is 22.0 Å². The fourth-order valence-corrected chi connectivity index (χ4v) is 3.33. The zero-order valence-corrected chi connectivity index (χ0v) is 17.7. The van der Waals surface area contributed by atoms with Gasteiger partial charge in [-0.25, -0.2) is 15.0 Å². The summed E-state index contributed by atoms with van der Waals surface area (Å²) >= 11 is 6.28. The summed E-state index contributed by atoms with van der Waals surface area (Å²) in [5.41, 5.74) is 11.8. The van der Waals surface area contributed by atoms with E-state index in [1.54, 1.807) is 22.8 Å². The lowest BCUT2D eigenvalue weighted by Gasteiger charge is -2.23. The minimum Gasteiger partial charge on any atom is -0.382 e. The van der Waals surface area contributed by atoms with Crippen LogP contribution in [0.15, 0.2) is 29.3 Å². The standard InChI is InChI=1S/C20H23ClN8O/c1-11(27-17-12(9-22)16(23)25-10-26-17)18-28-14-6-4-5-13(21)15(14)19(30)29(18)8-7-20(2,3)24/h4-6,10-11H,7-8,24H2,1-3H3,(H3,23,25,26,27)/t11-/m0/s1. The van der Waals surface area contributed by atoms with Gasteiger partial charge in [-0.15, -0.1) is 0 Å². The van der Waals surface area contributed by atoms with Crippen LogP contribution in [-0.2, 0) is 6.54 Å². The normalized spacial score (nSPS) is 12.5. The van der Waals surface area contributed by atoms with Crippen LogP contribution in [0, 0.1) is 11.3 Å². The highest BCUT2D eigenvalue weighted by molar-refractivity contribution is 6.35. The molecule has 0 aliphatic heterocycles. The van der Waals surface area contributed by atoms with E-state index in [0.717, 1.165) is 0 Å². The molecule has 2 heterocycles. The predicted molar refractivity (Wildman–Crippen MR) is 117 cm³/mol. The van der Waals surface area contributed by atoms with Crippen LogP contribution in [0.2, 0.25) is 5.02 Å². The van der Waals surface area contributed by atoms with Crippen molar-refractivity contribution in [2.24, 2.45) is 5.73 Å². The zero-order chi connectivity index (χ0) is 22.1. The molecule has 30 heavy (non-hydrogen) atoms. The number of nitrogens with one attached hydrogen (secondary N) is 1. The van der Waals surface area contributed by atoms with Crippen LogP contribution < -0.4 is 22.3 Å². The van der Waals surface area contributed by atoms with E-state index in [4.69, 9.17) is 23.1 Å². The summed E-state index contributed by atoms with van der Waals surface area (Å²) in [6.45, 7) is 5.96. The van der Waals surface area contributed by atoms with Crippen LogP contribution in [0.25, 0.3) is 10.9 Å². The van der Waals surface area contributed by atoms with Gasteiger partial charge in [0, 0.05) is 12.1 Å². The molecule has 5 N–H and O–H groups in total. The summed E-state index contributed by atoms with van der Waals surface area (Å²) in [4.78, 5) is 25.9. The highest BCUT2D eigenvalue weighted by Crippen LogP contribution is 2.24. The second-order valence-corrected chi connectivity index (χ2v) is 8.17. The Morgan fingerprint density at radius 1 is 1.37 bits per heavy atom. The number of nitriles is 1. The van der Waals surface area contributed by atoms with Gasteiger partial charge < -0.3 is 16.8 Å². The van der Waals surface area contributed by atoms with Gasteiger partial charge in [0.15, 0.2) is 0 Å². The van der Waals surface area contributed by atoms with E-state index < -0.39 is 11.6 Å². The fourth-order valence-electron chi connectivity index (χ4n) is 3.08. The first-order valence-electron chi connectivity index (χ1n) is 9.37. The van der Waals surface area contributed by atoms with E-state index in [-0.39, 0.29) is 22.8 Å². The number of fused-ring (bicyclic) bond motifs is 1. The summed E-state index contributed by atoms with van der Waals surface area (Å²) in [5.74, 6) is 0.812. The molecule has 0 aliphatic rings.